The maximum atomic E-state index is 5.95. The van der Waals surface area contributed by atoms with Gasteiger partial charge in [-0.05, 0) is 32.4 Å². The number of aryl methyl sites for hydroxylation is 2. The highest BCUT2D eigenvalue weighted by atomic mass is 127. The van der Waals surface area contributed by atoms with E-state index in [0.29, 0.717) is 6.54 Å². The summed E-state index contributed by atoms with van der Waals surface area (Å²) in [6, 6.07) is 7.65. The number of aromatic nitrogens is 1. The minimum absolute atomic E-state index is 0. The molecule has 1 unspecified atom stereocenters. The highest BCUT2D eigenvalue weighted by Crippen LogP contribution is 2.26. The van der Waals surface area contributed by atoms with E-state index >= 15 is 0 Å². The maximum Gasteiger partial charge on any atom is 0.191 e. The van der Waals surface area contributed by atoms with Crippen LogP contribution in [0, 0.1) is 6.92 Å². The minimum atomic E-state index is -0.0337. The van der Waals surface area contributed by atoms with Crippen molar-refractivity contribution in [2.45, 2.75) is 39.7 Å². The lowest BCUT2D eigenvalue weighted by molar-refractivity contribution is 0.213. The molecule has 0 fully saturated rings. The Morgan fingerprint density at radius 1 is 1.25 bits per heavy atom. The van der Waals surface area contributed by atoms with E-state index in [-0.39, 0.29) is 30.1 Å². The number of aliphatic imine (C=N–C) groups is 1. The lowest BCUT2D eigenvalue weighted by atomic mass is 10.3. The molecular weight excluding hydrogens is 487 g/mol. The van der Waals surface area contributed by atoms with Crippen LogP contribution in [0.2, 0.25) is 0 Å². The minimum Gasteiger partial charge on any atom is -0.493 e. The van der Waals surface area contributed by atoms with Gasteiger partial charge < -0.3 is 20.1 Å². The number of methoxy groups -OCH3 is 1. The lowest BCUT2D eigenvalue weighted by Crippen LogP contribution is -2.42. The van der Waals surface area contributed by atoms with Crippen LogP contribution in [-0.2, 0) is 12.8 Å². The molecule has 0 saturated heterocycles. The van der Waals surface area contributed by atoms with E-state index in [0.717, 1.165) is 36.8 Å². The number of hydrogen-bond donors (Lipinski definition) is 2. The average Bonchev–Trinajstić information content (AvgIpc) is 3.04. The molecule has 28 heavy (non-hydrogen) atoms. The summed E-state index contributed by atoms with van der Waals surface area (Å²) >= 11 is 1.78. The van der Waals surface area contributed by atoms with Crippen molar-refractivity contribution in [2.24, 2.45) is 4.99 Å². The molecule has 6 nitrogen and oxygen atoms in total. The molecule has 1 atom stereocenters. The number of thiazole rings is 1. The van der Waals surface area contributed by atoms with Gasteiger partial charge in [0.05, 0.1) is 24.4 Å². The fourth-order valence-corrected chi connectivity index (χ4v) is 3.67. The molecule has 156 valence electrons. The number of nitrogens with zero attached hydrogens (tertiary/aromatic N) is 2. The van der Waals surface area contributed by atoms with Crippen LogP contribution < -0.4 is 20.1 Å². The van der Waals surface area contributed by atoms with E-state index in [9.17, 15) is 0 Å². The van der Waals surface area contributed by atoms with Crippen LogP contribution in [0.1, 0.15) is 29.4 Å². The summed E-state index contributed by atoms with van der Waals surface area (Å²) in [6.07, 6.45) is 1.84. The van der Waals surface area contributed by atoms with Gasteiger partial charge in [-0.3, -0.25) is 4.99 Å². The molecule has 0 aliphatic heterocycles. The molecule has 2 rings (SSSR count). The summed E-state index contributed by atoms with van der Waals surface area (Å²) in [5.41, 5.74) is 1.21. The van der Waals surface area contributed by atoms with Crippen molar-refractivity contribution in [1.82, 2.24) is 15.6 Å². The Labute approximate surface area is 189 Å². The quantitative estimate of drug-likeness (QED) is 0.300. The molecule has 8 heteroatoms. The Hall–Kier alpha value is -1.55. The SMILES string of the molecule is CCc1nc(CCNC(=NC)NCC(C)Oc2ccccc2OC)sc1C.I. The first-order valence-electron chi connectivity index (χ1n) is 9.26. The monoisotopic (exact) mass is 518 g/mol. The molecule has 0 amide bonds. The zero-order valence-electron chi connectivity index (χ0n) is 17.2. The molecule has 2 N–H and O–H groups in total. The van der Waals surface area contributed by atoms with Gasteiger partial charge in [-0.25, -0.2) is 4.98 Å². The largest absolute Gasteiger partial charge is 0.493 e. The summed E-state index contributed by atoms with van der Waals surface area (Å²) in [5.74, 6) is 2.23. The fraction of sp³-hybridized carbons (Fsp3) is 0.500. The first-order chi connectivity index (χ1) is 13.1. The Bertz CT molecular complexity index is 752. The van der Waals surface area contributed by atoms with Gasteiger partial charge in [0.15, 0.2) is 17.5 Å². The van der Waals surface area contributed by atoms with Gasteiger partial charge in [0.2, 0.25) is 0 Å². The van der Waals surface area contributed by atoms with Crippen LogP contribution in [0.15, 0.2) is 29.3 Å². The van der Waals surface area contributed by atoms with Crippen molar-refractivity contribution in [1.29, 1.82) is 0 Å². The van der Waals surface area contributed by atoms with Crippen molar-refractivity contribution in [3.63, 3.8) is 0 Å². The Balaban J connectivity index is 0.00000392. The normalized spacial score (nSPS) is 12.1. The van der Waals surface area contributed by atoms with Gasteiger partial charge in [-0.1, -0.05) is 19.1 Å². The van der Waals surface area contributed by atoms with E-state index in [1.165, 1.54) is 15.6 Å². The van der Waals surface area contributed by atoms with Gasteiger partial charge in [0, 0.05) is 24.9 Å². The van der Waals surface area contributed by atoms with Crippen molar-refractivity contribution in [3.8, 4) is 11.5 Å². The first kappa shape index (κ1) is 24.5. The third-order valence-electron chi connectivity index (χ3n) is 4.08. The van der Waals surface area contributed by atoms with Gasteiger partial charge in [-0.2, -0.15) is 0 Å². The molecule has 1 aromatic carbocycles. The van der Waals surface area contributed by atoms with Crippen molar-refractivity contribution < 1.29 is 9.47 Å². The number of benzene rings is 1. The van der Waals surface area contributed by atoms with E-state index in [4.69, 9.17) is 9.47 Å². The van der Waals surface area contributed by atoms with Gasteiger partial charge in [0.1, 0.15) is 6.10 Å². The summed E-state index contributed by atoms with van der Waals surface area (Å²) < 4.78 is 11.3. The third kappa shape index (κ3) is 7.46. The van der Waals surface area contributed by atoms with Crippen LogP contribution in [0.25, 0.3) is 0 Å². The predicted molar refractivity (Wildman–Crippen MR) is 128 cm³/mol. The van der Waals surface area contributed by atoms with Crippen molar-refractivity contribution in [3.05, 3.63) is 39.8 Å². The number of guanidine groups is 1. The molecule has 0 aliphatic carbocycles. The average molecular weight is 518 g/mol. The number of para-hydroxylation sites is 2. The van der Waals surface area contributed by atoms with E-state index in [1.807, 2.05) is 31.2 Å². The van der Waals surface area contributed by atoms with Crippen LogP contribution >= 0.6 is 35.3 Å². The molecule has 0 spiro atoms. The molecule has 1 heterocycles. The Morgan fingerprint density at radius 2 is 1.96 bits per heavy atom. The third-order valence-corrected chi connectivity index (χ3v) is 5.15. The van der Waals surface area contributed by atoms with Gasteiger partial charge in [-0.15, -0.1) is 35.3 Å². The predicted octanol–water partition coefficient (Wildman–Crippen LogP) is 3.82. The first-order valence-corrected chi connectivity index (χ1v) is 10.1. The second-order valence-corrected chi connectivity index (χ2v) is 7.46. The molecule has 0 saturated carbocycles. The molecule has 0 bridgehead atoms. The summed E-state index contributed by atoms with van der Waals surface area (Å²) in [7, 11) is 3.41. The van der Waals surface area contributed by atoms with E-state index in [2.05, 4.69) is 34.5 Å². The number of hydrogen-bond acceptors (Lipinski definition) is 5. The Morgan fingerprint density at radius 3 is 2.57 bits per heavy atom. The standard InChI is InChI=1S/C20H30N4O2S.HI/c1-6-16-15(3)27-19(24-16)11-12-22-20(21-4)23-13-14(2)26-18-10-8-7-9-17(18)25-5;/h7-10,14H,6,11-13H2,1-5H3,(H2,21,22,23);1H. The highest BCUT2D eigenvalue weighted by molar-refractivity contribution is 14.0. The van der Waals surface area contributed by atoms with Crippen LogP contribution in [0.5, 0.6) is 11.5 Å². The number of nitrogens with one attached hydrogen (secondary N) is 2. The number of halogens is 1. The zero-order chi connectivity index (χ0) is 19.6. The molecular formula is C20H31IN4O2S. The second kappa shape index (κ2) is 12.8. The van der Waals surface area contributed by atoms with Crippen LogP contribution in [-0.4, -0.2) is 44.3 Å². The van der Waals surface area contributed by atoms with Crippen LogP contribution in [0.4, 0.5) is 0 Å². The summed E-state index contributed by atoms with van der Waals surface area (Å²) in [4.78, 5) is 10.3. The second-order valence-electron chi connectivity index (χ2n) is 6.17. The van der Waals surface area contributed by atoms with Gasteiger partial charge in [0.25, 0.3) is 0 Å². The van der Waals surface area contributed by atoms with Crippen molar-refractivity contribution >= 4 is 41.3 Å². The highest BCUT2D eigenvalue weighted by Gasteiger charge is 2.10. The number of rotatable bonds is 9. The lowest BCUT2D eigenvalue weighted by Gasteiger charge is -2.19. The number of ether oxygens (including phenoxy) is 2. The maximum absolute atomic E-state index is 5.95. The molecule has 0 aliphatic rings. The molecule has 0 radical (unpaired) electrons. The smallest absolute Gasteiger partial charge is 0.191 e. The van der Waals surface area contributed by atoms with E-state index < -0.39 is 0 Å². The zero-order valence-corrected chi connectivity index (χ0v) is 20.4. The summed E-state index contributed by atoms with van der Waals surface area (Å²) in [5, 5.41) is 7.80. The fourth-order valence-electron chi connectivity index (χ4n) is 2.65. The molecule has 2 aromatic rings. The topological polar surface area (TPSA) is 67.8 Å². The van der Waals surface area contributed by atoms with Gasteiger partial charge >= 0.3 is 0 Å². The summed E-state index contributed by atoms with van der Waals surface area (Å²) in [6.45, 7) is 7.71. The van der Waals surface area contributed by atoms with Crippen LogP contribution in [0.3, 0.4) is 0 Å². The molecule has 1 aromatic heterocycles. The van der Waals surface area contributed by atoms with Crippen molar-refractivity contribution in [2.75, 3.05) is 27.2 Å². The van der Waals surface area contributed by atoms with E-state index in [1.54, 1.807) is 25.5 Å². The Kier molecular flexibility index (Phi) is 11.2.